The van der Waals surface area contributed by atoms with Gasteiger partial charge in [0.05, 0.1) is 0 Å². The molecule has 1 amide bonds. The first-order valence-corrected chi connectivity index (χ1v) is 11.0. The lowest BCUT2D eigenvalue weighted by Gasteiger charge is -2.27. The van der Waals surface area contributed by atoms with Crippen LogP contribution in [0.4, 0.5) is 0 Å². The molecule has 5 nitrogen and oxygen atoms in total. The van der Waals surface area contributed by atoms with Crippen molar-refractivity contribution in [2.24, 2.45) is 16.6 Å². The van der Waals surface area contributed by atoms with Crippen LogP contribution in [-0.2, 0) is 4.79 Å². The summed E-state index contributed by atoms with van der Waals surface area (Å²) in [7, 11) is 0. The minimum absolute atomic E-state index is 0.506. The molecule has 0 fully saturated rings. The molecule has 0 unspecified atom stereocenters. The molecule has 0 aromatic heterocycles. The van der Waals surface area contributed by atoms with E-state index in [1.54, 1.807) is 0 Å². The molecular weight excluding hydrogens is 336 g/mol. The van der Waals surface area contributed by atoms with Gasteiger partial charge in [-0.3, -0.25) is 4.79 Å². The molecular formula is C22H50N4O. The molecule has 0 aromatic rings. The van der Waals surface area contributed by atoms with Gasteiger partial charge in [0.25, 0.3) is 0 Å². The molecule has 0 rings (SSSR count). The molecule has 5 heteroatoms. The minimum atomic E-state index is 0.506. The Morgan fingerprint density at radius 3 is 1.74 bits per heavy atom. The lowest BCUT2D eigenvalue weighted by molar-refractivity contribution is -0.109. The summed E-state index contributed by atoms with van der Waals surface area (Å²) >= 11 is 0. The molecule has 0 aromatic carbocycles. The molecule has 0 atom stereocenters. The quantitative estimate of drug-likeness (QED) is 0.241. The van der Waals surface area contributed by atoms with Crippen LogP contribution in [0.5, 0.6) is 0 Å². The van der Waals surface area contributed by atoms with Crippen LogP contribution in [0.2, 0.25) is 0 Å². The Bertz CT molecular complexity index is 314. The summed E-state index contributed by atoms with van der Waals surface area (Å²) < 4.78 is 0. The monoisotopic (exact) mass is 386 g/mol. The zero-order chi connectivity index (χ0) is 21.0. The summed E-state index contributed by atoms with van der Waals surface area (Å²) in [5.41, 5.74) is 6.44. The Hall–Kier alpha value is -0.650. The van der Waals surface area contributed by atoms with E-state index in [0.717, 1.165) is 58.5 Å². The van der Waals surface area contributed by atoms with E-state index in [9.17, 15) is 4.79 Å². The van der Waals surface area contributed by atoms with Gasteiger partial charge in [-0.25, -0.2) is 0 Å². The number of rotatable bonds is 16. The predicted molar refractivity (Wildman–Crippen MR) is 120 cm³/mol. The molecule has 27 heavy (non-hydrogen) atoms. The number of amides is 1. The molecule has 0 saturated carbocycles. The molecule has 0 aliphatic heterocycles. The van der Waals surface area contributed by atoms with Crippen molar-refractivity contribution in [3.05, 3.63) is 0 Å². The second-order valence-corrected chi connectivity index (χ2v) is 9.35. The summed E-state index contributed by atoms with van der Waals surface area (Å²) in [6, 6.07) is 0. The lowest BCUT2D eigenvalue weighted by atomic mass is 9.79. The second kappa shape index (κ2) is 18.7. The average molecular weight is 387 g/mol. The van der Waals surface area contributed by atoms with Gasteiger partial charge in [0.2, 0.25) is 6.41 Å². The largest absolute Gasteiger partial charge is 0.359 e. The second-order valence-electron chi connectivity index (χ2n) is 9.35. The number of nitrogens with one attached hydrogen (secondary N) is 3. The van der Waals surface area contributed by atoms with E-state index in [0.29, 0.717) is 10.8 Å². The van der Waals surface area contributed by atoms with Crippen LogP contribution >= 0.6 is 0 Å². The van der Waals surface area contributed by atoms with Gasteiger partial charge in [0.15, 0.2) is 0 Å². The van der Waals surface area contributed by atoms with Crippen molar-refractivity contribution in [2.45, 2.75) is 86.5 Å². The van der Waals surface area contributed by atoms with Crippen molar-refractivity contribution in [3.8, 4) is 0 Å². The predicted octanol–water partition coefficient (Wildman–Crippen LogP) is 3.68. The minimum Gasteiger partial charge on any atom is -0.359 e. The highest BCUT2D eigenvalue weighted by atomic mass is 16.1. The van der Waals surface area contributed by atoms with Gasteiger partial charge in [0, 0.05) is 6.54 Å². The molecule has 0 aliphatic carbocycles. The Kier molecular flexibility index (Phi) is 19.8. The molecule has 0 heterocycles. The highest BCUT2D eigenvalue weighted by Gasteiger charge is 2.19. The standard InChI is InChI=1S/C11H26N4O.C11H24/c12-5-3-8-13-6-1-2-7-14-9-4-10-15-11-16;1-7-11(5,6)9-8-10(2,3)4/h11,13-14H,1-10,12H2,(H,15,16);7-9H2,1-6H3. The van der Waals surface area contributed by atoms with Crippen molar-refractivity contribution in [2.75, 3.05) is 39.3 Å². The summed E-state index contributed by atoms with van der Waals surface area (Å²) in [5.74, 6) is 0. The third kappa shape index (κ3) is 27.7. The van der Waals surface area contributed by atoms with Crippen LogP contribution in [0.3, 0.4) is 0 Å². The Balaban J connectivity index is 0. The van der Waals surface area contributed by atoms with Crippen LogP contribution in [0.25, 0.3) is 0 Å². The van der Waals surface area contributed by atoms with Gasteiger partial charge in [-0.05, 0) is 82.1 Å². The molecule has 5 N–H and O–H groups in total. The van der Waals surface area contributed by atoms with Crippen LogP contribution in [0.1, 0.15) is 86.5 Å². The average Bonchev–Trinajstić information content (AvgIpc) is 2.61. The number of carbonyl (C=O) groups excluding carboxylic acids is 1. The molecule has 0 radical (unpaired) electrons. The van der Waals surface area contributed by atoms with E-state index < -0.39 is 0 Å². The zero-order valence-electron chi connectivity index (χ0n) is 19.3. The van der Waals surface area contributed by atoms with Crippen molar-refractivity contribution < 1.29 is 4.79 Å². The van der Waals surface area contributed by atoms with Gasteiger partial charge in [-0.1, -0.05) is 48.0 Å². The topological polar surface area (TPSA) is 79.2 Å². The third-order valence-corrected chi connectivity index (χ3v) is 4.78. The van der Waals surface area contributed by atoms with Gasteiger partial charge in [0.1, 0.15) is 0 Å². The van der Waals surface area contributed by atoms with E-state index in [4.69, 9.17) is 5.73 Å². The zero-order valence-corrected chi connectivity index (χ0v) is 19.3. The van der Waals surface area contributed by atoms with E-state index in [1.165, 1.54) is 32.1 Å². The molecule has 164 valence electrons. The van der Waals surface area contributed by atoms with Crippen molar-refractivity contribution >= 4 is 6.41 Å². The smallest absolute Gasteiger partial charge is 0.207 e. The van der Waals surface area contributed by atoms with Crippen molar-refractivity contribution in [1.29, 1.82) is 0 Å². The maximum absolute atomic E-state index is 9.94. The van der Waals surface area contributed by atoms with Crippen LogP contribution < -0.4 is 21.7 Å². The van der Waals surface area contributed by atoms with Gasteiger partial charge in [-0.15, -0.1) is 0 Å². The first-order chi connectivity index (χ1) is 12.7. The fraction of sp³-hybridized carbons (Fsp3) is 0.955. The van der Waals surface area contributed by atoms with E-state index in [2.05, 4.69) is 57.5 Å². The fourth-order valence-electron chi connectivity index (χ4n) is 2.24. The van der Waals surface area contributed by atoms with Crippen molar-refractivity contribution in [3.63, 3.8) is 0 Å². The number of carbonyl (C=O) groups is 1. The summed E-state index contributed by atoms with van der Waals surface area (Å²) in [4.78, 5) is 9.94. The first-order valence-electron chi connectivity index (χ1n) is 11.0. The summed E-state index contributed by atoms with van der Waals surface area (Å²) in [6.07, 6.45) is 9.17. The number of unbranched alkanes of at least 4 members (excludes halogenated alkanes) is 1. The SMILES string of the molecule is CCC(C)(C)CCC(C)(C)C.NCCCNCCCCNCCCNC=O. The molecule has 0 saturated heterocycles. The van der Waals surface area contributed by atoms with Gasteiger partial charge >= 0.3 is 0 Å². The molecule has 0 aliphatic rings. The maximum Gasteiger partial charge on any atom is 0.207 e. The molecule has 0 spiro atoms. The van der Waals surface area contributed by atoms with E-state index >= 15 is 0 Å². The van der Waals surface area contributed by atoms with Gasteiger partial charge < -0.3 is 21.7 Å². The van der Waals surface area contributed by atoms with Crippen molar-refractivity contribution in [1.82, 2.24) is 16.0 Å². The maximum atomic E-state index is 9.94. The first kappa shape index (κ1) is 28.6. The van der Waals surface area contributed by atoms with E-state index in [-0.39, 0.29) is 0 Å². The third-order valence-electron chi connectivity index (χ3n) is 4.78. The Labute approximate surface area is 170 Å². The summed E-state index contributed by atoms with van der Waals surface area (Å²) in [6.45, 7) is 19.6. The summed E-state index contributed by atoms with van der Waals surface area (Å²) in [5, 5.41) is 9.33. The number of hydrogen-bond donors (Lipinski definition) is 4. The molecule has 0 bridgehead atoms. The van der Waals surface area contributed by atoms with Crippen LogP contribution in [0.15, 0.2) is 0 Å². The number of hydrogen-bond acceptors (Lipinski definition) is 4. The lowest BCUT2D eigenvalue weighted by Crippen LogP contribution is -2.23. The fourth-order valence-corrected chi connectivity index (χ4v) is 2.24. The van der Waals surface area contributed by atoms with Crippen LogP contribution in [-0.4, -0.2) is 45.7 Å². The Morgan fingerprint density at radius 2 is 1.30 bits per heavy atom. The number of nitrogens with two attached hydrogens (primary N) is 1. The normalized spacial score (nSPS) is 11.7. The highest BCUT2D eigenvalue weighted by molar-refractivity contribution is 5.45. The highest BCUT2D eigenvalue weighted by Crippen LogP contribution is 2.32. The van der Waals surface area contributed by atoms with Gasteiger partial charge in [-0.2, -0.15) is 0 Å². The van der Waals surface area contributed by atoms with E-state index in [1.807, 2.05) is 0 Å². The Morgan fingerprint density at radius 1 is 0.778 bits per heavy atom. The van der Waals surface area contributed by atoms with Crippen LogP contribution in [0, 0.1) is 10.8 Å².